The van der Waals surface area contributed by atoms with Gasteiger partial charge in [0, 0.05) is 25.7 Å². The third-order valence-corrected chi connectivity index (χ3v) is 7.06. The van der Waals surface area contributed by atoms with Crippen molar-refractivity contribution in [1.29, 1.82) is 0 Å². The fraction of sp³-hybridized carbons (Fsp3) is 0.355. The van der Waals surface area contributed by atoms with Crippen LogP contribution in [0.4, 0.5) is 4.39 Å². The highest BCUT2D eigenvalue weighted by Crippen LogP contribution is 2.26. The van der Waals surface area contributed by atoms with Crippen LogP contribution in [0.25, 0.3) is 5.57 Å². The summed E-state index contributed by atoms with van der Waals surface area (Å²) in [7, 11) is 0. The minimum absolute atomic E-state index is 0.180. The van der Waals surface area contributed by atoms with Crippen LogP contribution in [0, 0.1) is 19.7 Å². The standard InChI is InChI=1S/C31H37FN2/c1-24-6-10-28(11-7-24)31(29-12-8-25(2)9-13-29)18-21-34(23-22-33-19-4-5-20-33)26(3)27-14-16-30(32)17-15-27/h6-18,26H,4-5,19-23H2,1-3H3/t26-/m1/s1. The van der Waals surface area contributed by atoms with Gasteiger partial charge in [-0.25, -0.2) is 4.39 Å². The second-order valence-electron chi connectivity index (χ2n) is 9.62. The van der Waals surface area contributed by atoms with E-state index in [0.29, 0.717) is 0 Å². The van der Waals surface area contributed by atoms with Crippen molar-refractivity contribution < 1.29 is 4.39 Å². The Labute approximate surface area is 204 Å². The van der Waals surface area contributed by atoms with Crippen molar-refractivity contribution in [1.82, 2.24) is 9.80 Å². The van der Waals surface area contributed by atoms with Gasteiger partial charge in [-0.3, -0.25) is 4.90 Å². The van der Waals surface area contributed by atoms with E-state index in [9.17, 15) is 4.39 Å². The van der Waals surface area contributed by atoms with Crippen molar-refractivity contribution in [3.05, 3.63) is 113 Å². The normalized spacial score (nSPS) is 15.0. The molecule has 0 N–H and O–H groups in total. The minimum atomic E-state index is -0.180. The maximum Gasteiger partial charge on any atom is 0.123 e. The van der Waals surface area contributed by atoms with Crippen LogP contribution in [-0.4, -0.2) is 42.5 Å². The molecule has 0 bridgehead atoms. The van der Waals surface area contributed by atoms with Crippen LogP contribution < -0.4 is 0 Å². The van der Waals surface area contributed by atoms with Gasteiger partial charge in [-0.15, -0.1) is 0 Å². The molecule has 3 aromatic rings. The molecule has 34 heavy (non-hydrogen) atoms. The largest absolute Gasteiger partial charge is 0.302 e. The van der Waals surface area contributed by atoms with Crippen molar-refractivity contribution in [3.8, 4) is 0 Å². The van der Waals surface area contributed by atoms with Gasteiger partial charge in [0.1, 0.15) is 5.82 Å². The van der Waals surface area contributed by atoms with E-state index in [1.165, 1.54) is 53.8 Å². The topological polar surface area (TPSA) is 6.48 Å². The number of likely N-dealkylation sites (tertiary alicyclic amines) is 1. The zero-order valence-electron chi connectivity index (χ0n) is 20.8. The Bertz CT molecular complexity index is 1010. The van der Waals surface area contributed by atoms with Gasteiger partial charge in [0.05, 0.1) is 0 Å². The number of hydrogen-bond acceptors (Lipinski definition) is 2. The van der Waals surface area contributed by atoms with Gasteiger partial charge in [0.25, 0.3) is 0 Å². The summed E-state index contributed by atoms with van der Waals surface area (Å²) in [6.07, 6.45) is 4.98. The van der Waals surface area contributed by atoms with E-state index in [1.54, 1.807) is 12.1 Å². The molecule has 0 amide bonds. The lowest BCUT2D eigenvalue weighted by atomic mass is 9.95. The summed E-state index contributed by atoms with van der Waals surface area (Å²) in [6.45, 7) is 11.8. The van der Waals surface area contributed by atoms with Crippen LogP contribution >= 0.6 is 0 Å². The fourth-order valence-corrected chi connectivity index (χ4v) is 4.75. The van der Waals surface area contributed by atoms with E-state index in [1.807, 2.05) is 12.1 Å². The lowest BCUT2D eigenvalue weighted by molar-refractivity contribution is 0.197. The number of aryl methyl sites for hydroxylation is 2. The van der Waals surface area contributed by atoms with Crippen molar-refractivity contribution in [2.24, 2.45) is 0 Å². The summed E-state index contributed by atoms with van der Waals surface area (Å²) in [5.74, 6) is -0.180. The first-order valence-electron chi connectivity index (χ1n) is 12.6. The first-order valence-corrected chi connectivity index (χ1v) is 12.6. The summed E-state index contributed by atoms with van der Waals surface area (Å²) >= 11 is 0. The Balaban J connectivity index is 1.62. The second kappa shape index (κ2) is 11.6. The smallest absolute Gasteiger partial charge is 0.123 e. The van der Waals surface area contributed by atoms with Crippen molar-refractivity contribution >= 4 is 5.57 Å². The molecule has 4 rings (SSSR count). The number of halogens is 1. The molecule has 3 aromatic carbocycles. The van der Waals surface area contributed by atoms with E-state index < -0.39 is 0 Å². The molecule has 1 saturated heterocycles. The van der Waals surface area contributed by atoms with Gasteiger partial charge >= 0.3 is 0 Å². The van der Waals surface area contributed by atoms with Gasteiger partial charge in [-0.05, 0) is 81.1 Å². The Morgan fingerprint density at radius 3 is 1.91 bits per heavy atom. The van der Waals surface area contributed by atoms with E-state index in [0.717, 1.165) is 25.2 Å². The third-order valence-electron chi connectivity index (χ3n) is 7.06. The quantitative estimate of drug-likeness (QED) is 0.341. The summed E-state index contributed by atoms with van der Waals surface area (Å²) < 4.78 is 13.6. The van der Waals surface area contributed by atoms with Gasteiger partial charge in [0.15, 0.2) is 0 Å². The van der Waals surface area contributed by atoms with Gasteiger partial charge < -0.3 is 4.90 Å². The highest BCUT2D eigenvalue weighted by Gasteiger charge is 2.19. The summed E-state index contributed by atoms with van der Waals surface area (Å²) in [5, 5.41) is 0. The molecule has 1 aliphatic heterocycles. The predicted octanol–water partition coefficient (Wildman–Crippen LogP) is 7.03. The van der Waals surface area contributed by atoms with E-state index in [-0.39, 0.29) is 11.9 Å². The first kappa shape index (κ1) is 24.4. The van der Waals surface area contributed by atoms with Gasteiger partial charge in [-0.2, -0.15) is 0 Å². The Morgan fingerprint density at radius 2 is 1.38 bits per heavy atom. The molecule has 0 saturated carbocycles. The zero-order chi connectivity index (χ0) is 23.9. The molecule has 1 heterocycles. The van der Waals surface area contributed by atoms with Crippen LogP contribution in [0.1, 0.15) is 53.6 Å². The average Bonchev–Trinajstić information content (AvgIpc) is 3.37. The monoisotopic (exact) mass is 456 g/mol. The number of rotatable bonds is 9. The molecule has 1 fully saturated rings. The molecule has 0 aromatic heterocycles. The highest BCUT2D eigenvalue weighted by molar-refractivity contribution is 5.80. The van der Waals surface area contributed by atoms with Gasteiger partial charge in [0.2, 0.25) is 0 Å². The molecule has 0 spiro atoms. The molecular weight excluding hydrogens is 419 g/mol. The molecule has 3 heteroatoms. The number of hydrogen-bond donors (Lipinski definition) is 0. The first-order chi connectivity index (χ1) is 16.5. The SMILES string of the molecule is Cc1ccc(C(=CCN(CCN2CCCC2)[C@H](C)c2ccc(F)cc2)c2ccc(C)cc2)cc1. The second-order valence-corrected chi connectivity index (χ2v) is 9.62. The van der Waals surface area contributed by atoms with E-state index >= 15 is 0 Å². The zero-order valence-corrected chi connectivity index (χ0v) is 20.8. The lowest BCUT2D eigenvalue weighted by Gasteiger charge is -2.30. The maximum atomic E-state index is 13.6. The maximum absolute atomic E-state index is 13.6. The molecule has 0 radical (unpaired) electrons. The fourth-order valence-electron chi connectivity index (χ4n) is 4.75. The predicted molar refractivity (Wildman–Crippen MR) is 141 cm³/mol. The summed E-state index contributed by atoms with van der Waals surface area (Å²) in [6, 6.07) is 24.8. The molecule has 2 nitrogen and oxygen atoms in total. The molecule has 0 aliphatic carbocycles. The van der Waals surface area contributed by atoms with Crippen LogP contribution in [0.3, 0.4) is 0 Å². The van der Waals surface area contributed by atoms with E-state index in [4.69, 9.17) is 0 Å². The van der Waals surface area contributed by atoms with Crippen molar-refractivity contribution in [2.75, 3.05) is 32.7 Å². The van der Waals surface area contributed by atoms with Crippen LogP contribution in [0.5, 0.6) is 0 Å². The van der Waals surface area contributed by atoms with Crippen LogP contribution in [0.15, 0.2) is 78.9 Å². The molecule has 1 atom stereocenters. The lowest BCUT2D eigenvalue weighted by Crippen LogP contribution is -2.35. The van der Waals surface area contributed by atoms with Crippen molar-refractivity contribution in [2.45, 2.75) is 39.7 Å². The molecule has 0 unspecified atom stereocenters. The minimum Gasteiger partial charge on any atom is -0.302 e. The molecule has 1 aliphatic rings. The summed E-state index contributed by atoms with van der Waals surface area (Å²) in [4.78, 5) is 5.09. The molecule has 178 valence electrons. The van der Waals surface area contributed by atoms with E-state index in [2.05, 4.69) is 85.2 Å². The summed E-state index contributed by atoms with van der Waals surface area (Å²) in [5.41, 5.74) is 7.43. The highest BCUT2D eigenvalue weighted by atomic mass is 19.1. The van der Waals surface area contributed by atoms with Gasteiger partial charge in [-0.1, -0.05) is 77.9 Å². The number of nitrogens with zero attached hydrogens (tertiary/aromatic N) is 2. The molecular formula is C31H37FN2. The third kappa shape index (κ3) is 6.43. The Hall–Kier alpha value is -2.75. The van der Waals surface area contributed by atoms with Crippen molar-refractivity contribution in [3.63, 3.8) is 0 Å². The average molecular weight is 457 g/mol. The number of benzene rings is 3. The Morgan fingerprint density at radius 1 is 0.853 bits per heavy atom. The van der Waals surface area contributed by atoms with Crippen LogP contribution in [-0.2, 0) is 0 Å². The van der Waals surface area contributed by atoms with Crippen LogP contribution in [0.2, 0.25) is 0 Å². The Kier molecular flexibility index (Phi) is 8.31.